The van der Waals surface area contributed by atoms with Crippen molar-refractivity contribution >= 4 is 0 Å². The summed E-state index contributed by atoms with van der Waals surface area (Å²) in [6.45, 7) is -0.0823. The summed E-state index contributed by atoms with van der Waals surface area (Å²) in [6.07, 6.45) is -3.61. The second kappa shape index (κ2) is 4.61. The zero-order chi connectivity index (χ0) is 14.2. The number of nitrogens with zero attached hydrogens (tertiary/aromatic N) is 2. The molecular weight excluding hydrogens is 269 g/mol. The van der Waals surface area contributed by atoms with Crippen molar-refractivity contribution in [1.82, 2.24) is 9.78 Å². The fraction of sp³-hybridized carbons (Fsp3) is 0.182. The molecule has 0 aliphatic heterocycles. The molecule has 0 spiro atoms. The van der Waals surface area contributed by atoms with Gasteiger partial charge >= 0.3 is 6.18 Å². The molecule has 102 valence electrons. The van der Waals surface area contributed by atoms with Crippen LogP contribution in [0.3, 0.4) is 0 Å². The Hall–Kier alpha value is -1.96. The van der Waals surface area contributed by atoms with E-state index in [1.807, 2.05) is 0 Å². The molecule has 1 heterocycles. The largest absolute Gasteiger partial charge is 0.419 e. The third-order valence-corrected chi connectivity index (χ3v) is 2.45. The lowest BCUT2D eigenvalue weighted by Crippen LogP contribution is -2.06. The first kappa shape index (κ1) is 13.5. The highest BCUT2D eigenvalue weighted by molar-refractivity contribution is 5.38. The molecule has 2 N–H and O–H groups in total. The van der Waals surface area contributed by atoms with Crippen molar-refractivity contribution < 1.29 is 22.0 Å². The number of nitrogens with two attached hydrogens (primary N) is 1. The Morgan fingerprint density at radius 2 is 1.74 bits per heavy atom. The normalized spacial score (nSPS) is 11.9. The van der Waals surface area contributed by atoms with E-state index in [-0.39, 0.29) is 12.1 Å². The molecule has 0 saturated carbocycles. The van der Waals surface area contributed by atoms with Crippen LogP contribution in [-0.4, -0.2) is 9.78 Å². The van der Waals surface area contributed by atoms with Gasteiger partial charge in [-0.15, -0.1) is 0 Å². The summed E-state index contributed by atoms with van der Waals surface area (Å²) in [5, 5.41) is 3.32. The number of aromatic nitrogens is 2. The Balaban J connectivity index is 2.51. The molecule has 0 bridgehead atoms. The molecule has 0 aliphatic carbocycles. The van der Waals surface area contributed by atoms with E-state index in [9.17, 15) is 22.0 Å². The van der Waals surface area contributed by atoms with Crippen molar-refractivity contribution in [2.45, 2.75) is 12.7 Å². The van der Waals surface area contributed by atoms with E-state index in [1.165, 1.54) is 0 Å². The van der Waals surface area contributed by atoms with E-state index in [4.69, 9.17) is 5.73 Å². The van der Waals surface area contributed by atoms with Gasteiger partial charge in [-0.2, -0.15) is 18.3 Å². The van der Waals surface area contributed by atoms with Crippen LogP contribution in [0.2, 0.25) is 0 Å². The summed E-state index contributed by atoms with van der Waals surface area (Å²) in [5.74, 6) is -2.06. The third-order valence-electron chi connectivity index (χ3n) is 2.45. The van der Waals surface area contributed by atoms with Crippen molar-refractivity contribution in [3.63, 3.8) is 0 Å². The molecule has 0 atom stereocenters. The molecule has 19 heavy (non-hydrogen) atoms. The Bertz CT molecular complexity index is 580. The number of halogens is 5. The maximum atomic E-state index is 13.7. The average Bonchev–Trinajstić information content (AvgIpc) is 2.76. The van der Waals surface area contributed by atoms with E-state index >= 15 is 0 Å². The molecule has 1 aromatic heterocycles. The van der Waals surface area contributed by atoms with Gasteiger partial charge in [0.05, 0.1) is 11.8 Å². The van der Waals surface area contributed by atoms with Crippen molar-refractivity contribution in [2.24, 2.45) is 5.73 Å². The van der Waals surface area contributed by atoms with Gasteiger partial charge in [-0.1, -0.05) is 0 Å². The van der Waals surface area contributed by atoms with Gasteiger partial charge in [0.1, 0.15) is 5.69 Å². The predicted octanol–water partition coefficient (Wildman–Crippen LogP) is 2.63. The van der Waals surface area contributed by atoms with E-state index < -0.39 is 29.1 Å². The first-order valence-electron chi connectivity index (χ1n) is 5.13. The lowest BCUT2D eigenvalue weighted by Gasteiger charge is -2.07. The zero-order valence-electron chi connectivity index (χ0n) is 9.38. The Morgan fingerprint density at radius 1 is 1.16 bits per heavy atom. The third kappa shape index (κ3) is 2.58. The van der Waals surface area contributed by atoms with Gasteiger partial charge in [-0.3, -0.25) is 0 Å². The molecule has 0 unspecified atom stereocenters. The van der Waals surface area contributed by atoms with Crippen molar-refractivity contribution in [2.75, 3.05) is 0 Å². The Morgan fingerprint density at radius 3 is 2.16 bits per heavy atom. The molecule has 0 fully saturated rings. The summed E-state index contributed by atoms with van der Waals surface area (Å²) in [7, 11) is 0. The molecule has 0 aliphatic rings. The average molecular weight is 277 g/mol. The summed E-state index contributed by atoms with van der Waals surface area (Å²) >= 11 is 0. The highest BCUT2D eigenvalue weighted by Crippen LogP contribution is 2.30. The quantitative estimate of drug-likeness (QED) is 0.857. The number of rotatable bonds is 2. The summed E-state index contributed by atoms with van der Waals surface area (Å²) in [4.78, 5) is 0. The molecular formula is C11H8F5N3. The molecule has 0 radical (unpaired) electrons. The maximum absolute atomic E-state index is 13.7. The van der Waals surface area contributed by atoms with Crippen molar-refractivity contribution in [3.8, 4) is 5.69 Å². The lowest BCUT2D eigenvalue weighted by molar-refractivity contribution is -0.137. The van der Waals surface area contributed by atoms with Crippen LogP contribution >= 0.6 is 0 Å². The van der Waals surface area contributed by atoms with Gasteiger partial charge < -0.3 is 5.73 Å². The van der Waals surface area contributed by atoms with Gasteiger partial charge in [0.25, 0.3) is 0 Å². The minimum atomic E-state index is -4.62. The van der Waals surface area contributed by atoms with E-state index in [1.54, 1.807) is 0 Å². The van der Waals surface area contributed by atoms with Crippen LogP contribution in [0.4, 0.5) is 22.0 Å². The van der Waals surface area contributed by atoms with Gasteiger partial charge in [-0.25, -0.2) is 13.5 Å². The van der Waals surface area contributed by atoms with Gasteiger partial charge in [0.15, 0.2) is 11.6 Å². The predicted molar refractivity (Wildman–Crippen MR) is 56.4 cm³/mol. The molecule has 0 saturated heterocycles. The first-order chi connectivity index (χ1) is 8.82. The van der Waals surface area contributed by atoms with Crippen LogP contribution in [-0.2, 0) is 12.7 Å². The van der Waals surface area contributed by atoms with Crippen LogP contribution in [0.25, 0.3) is 5.69 Å². The van der Waals surface area contributed by atoms with Crippen LogP contribution in [0.15, 0.2) is 24.5 Å². The van der Waals surface area contributed by atoms with Gasteiger partial charge in [-0.05, 0) is 17.7 Å². The highest BCUT2D eigenvalue weighted by atomic mass is 19.4. The number of alkyl halides is 3. The fourth-order valence-electron chi connectivity index (χ4n) is 1.55. The minimum Gasteiger partial charge on any atom is -0.326 e. The first-order valence-corrected chi connectivity index (χ1v) is 5.13. The summed E-state index contributed by atoms with van der Waals surface area (Å²) in [5.41, 5.74) is 3.67. The zero-order valence-corrected chi connectivity index (χ0v) is 9.38. The van der Waals surface area contributed by atoms with Crippen LogP contribution in [0.1, 0.15) is 11.1 Å². The summed E-state index contributed by atoms with van der Waals surface area (Å²) in [6, 6.07) is 1.90. The van der Waals surface area contributed by atoms with E-state index in [0.717, 1.165) is 12.1 Å². The smallest absolute Gasteiger partial charge is 0.326 e. The molecule has 8 heteroatoms. The molecule has 1 aromatic carbocycles. The standard InChI is InChI=1S/C11H8F5N3/c12-8-1-6(3-17)2-9(13)10(8)19-5-7(4-18-19)11(14,15)16/h1-2,4-5H,3,17H2. The van der Waals surface area contributed by atoms with Crippen molar-refractivity contribution in [3.05, 3.63) is 47.3 Å². The van der Waals surface area contributed by atoms with E-state index in [0.29, 0.717) is 17.1 Å². The number of benzene rings is 1. The van der Waals surface area contributed by atoms with Gasteiger partial charge in [0, 0.05) is 12.7 Å². The van der Waals surface area contributed by atoms with Crippen molar-refractivity contribution in [1.29, 1.82) is 0 Å². The Kier molecular flexibility index (Phi) is 3.27. The second-order valence-corrected chi connectivity index (χ2v) is 3.78. The SMILES string of the molecule is NCc1cc(F)c(-n2cc(C(F)(F)F)cn2)c(F)c1. The second-order valence-electron chi connectivity index (χ2n) is 3.78. The Labute approximate surface area is 104 Å². The molecule has 0 amide bonds. The van der Waals surface area contributed by atoms with E-state index in [2.05, 4.69) is 5.10 Å². The molecule has 3 nitrogen and oxygen atoms in total. The highest BCUT2D eigenvalue weighted by Gasteiger charge is 2.32. The molecule has 2 aromatic rings. The van der Waals surface area contributed by atoms with Crippen LogP contribution in [0.5, 0.6) is 0 Å². The fourth-order valence-corrected chi connectivity index (χ4v) is 1.55. The lowest BCUT2D eigenvalue weighted by atomic mass is 10.2. The minimum absolute atomic E-state index is 0.0823. The number of hydrogen-bond acceptors (Lipinski definition) is 2. The summed E-state index contributed by atoms with van der Waals surface area (Å²) < 4.78 is 64.9. The maximum Gasteiger partial charge on any atom is 0.419 e. The van der Waals surface area contributed by atoms with Crippen LogP contribution in [0, 0.1) is 11.6 Å². The van der Waals surface area contributed by atoms with Crippen LogP contribution < -0.4 is 5.73 Å². The molecule has 2 rings (SSSR count). The monoisotopic (exact) mass is 277 g/mol. The topological polar surface area (TPSA) is 43.8 Å². The van der Waals surface area contributed by atoms with Gasteiger partial charge in [0.2, 0.25) is 0 Å². The number of hydrogen-bond donors (Lipinski definition) is 1.